The van der Waals surface area contributed by atoms with Crippen molar-refractivity contribution in [3.05, 3.63) is 82.9 Å². The smallest absolute Gasteiger partial charge is 0.411 e. The second-order valence-electron chi connectivity index (χ2n) is 10.8. The number of nitrogens with zero attached hydrogens (tertiary/aromatic N) is 1. The lowest BCUT2D eigenvalue weighted by Gasteiger charge is -2.44. The standard InChI is InChI=1S/C32H38N2O7/c1-32(2,3)41-31(36)34-24(19-33-23-12-8-21(9-13-23)30(35)40-7)16-22-17-27(38-5)28(39-6)18-26(22)29(34)20-10-14-25(37-4)15-11-20/h8-15,17-18,24,29,33H,16,19H2,1-7H3/t24-,29-/m0/s1. The Bertz CT molecular complexity index is 1360. The second kappa shape index (κ2) is 12.4. The molecule has 0 saturated heterocycles. The number of hydrogen-bond acceptors (Lipinski definition) is 8. The van der Waals surface area contributed by atoms with Crippen LogP contribution in [0.1, 0.15) is 53.9 Å². The predicted molar refractivity (Wildman–Crippen MR) is 156 cm³/mol. The molecule has 0 bridgehead atoms. The summed E-state index contributed by atoms with van der Waals surface area (Å²) in [6.07, 6.45) is 0.126. The molecule has 0 unspecified atom stereocenters. The normalized spacial score (nSPS) is 16.3. The number of esters is 1. The number of anilines is 1. The highest BCUT2D eigenvalue weighted by Crippen LogP contribution is 2.43. The van der Waals surface area contributed by atoms with E-state index >= 15 is 0 Å². The highest BCUT2D eigenvalue weighted by molar-refractivity contribution is 5.89. The summed E-state index contributed by atoms with van der Waals surface area (Å²) in [6, 6.07) is 17.9. The van der Waals surface area contributed by atoms with Gasteiger partial charge < -0.3 is 29.0 Å². The fourth-order valence-corrected chi connectivity index (χ4v) is 5.02. The molecular weight excluding hydrogens is 524 g/mol. The van der Waals surface area contributed by atoms with E-state index in [4.69, 9.17) is 23.7 Å². The van der Waals surface area contributed by atoms with Crippen LogP contribution in [-0.2, 0) is 15.9 Å². The van der Waals surface area contributed by atoms with Gasteiger partial charge >= 0.3 is 12.1 Å². The molecule has 3 aromatic rings. The maximum Gasteiger partial charge on any atom is 0.411 e. The van der Waals surface area contributed by atoms with Crippen molar-refractivity contribution >= 4 is 17.7 Å². The van der Waals surface area contributed by atoms with Crippen LogP contribution in [0.2, 0.25) is 0 Å². The van der Waals surface area contributed by atoms with Crippen molar-refractivity contribution in [1.82, 2.24) is 4.90 Å². The molecule has 4 rings (SSSR count). The number of nitrogens with one attached hydrogen (secondary N) is 1. The lowest BCUT2D eigenvalue weighted by molar-refractivity contribution is 0.00738. The van der Waals surface area contributed by atoms with E-state index in [-0.39, 0.29) is 6.04 Å². The van der Waals surface area contributed by atoms with Crippen molar-refractivity contribution in [1.29, 1.82) is 0 Å². The van der Waals surface area contributed by atoms with E-state index in [1.165, 1.54) is 7.11 Å². The van der Waals surface area contributed by atoms with Gasteiger partial charge in [0.15, 0.2) is 11.5 Å². The molecule has 1 heterocycles. The summed E-state index contributed by atoms with van der Waals surface area (Å²) in [5.74, 6) is 1.52. The van der Waals surface area contributed by atoms with Crippen molar-refractivity contribution in [3.63, 3.8) is 0 Å². The van der Waals surface area contributed by atoms with Gasteiger partial charge in [-0.15, -0.1) is 0 Å². The lowest BCUT2D eigenvalue weighted by atomic mass is 9.84. The molecule has 1 aliphatic rings. The van der Waals surface area contributed by atoms with Crippen LogP contribution in [-0.4, -0.2) is 63.6 Å². The van der Waals surface area contributed by atoms with Crippen LogP contribution in [0.5, 0.6) is 17.2 Å². The fourth-order valence-electron chi connectivity index (χ4n) is 5.02. The maximum atomic E-state index is 13.9. The summed E-state index contributed by atoms with van der Waals surface area (Å²) in [5.41, 5.74) is 3.44. The summed E-state index contributed by atoms with van der Waals surface area (Å²) < 4.78 is 27.4. The number of fused-ring (bicyclic) bond motifs is 1. The zero-order valence-electron chi connectivity index (χ0n) is 24.6. The minimum Gasteiger partial charge on any atom is -0.497 e. The topological polar surface area (TPSA) is 95.6 Å². The van der Waals surface area contributed by atoms with Crippen molar-refractivity contribution in [2.24, 2.45) is 0 Å². The third kappa shape index (κ3) is 6.67. The Morgan fingerprint density at radius 1 is 0.878 bits per heavy atom. The van der Waals surface area contributed by atoms with E-state index in [1.54, 1.807) is 38.4 Å². The first-order valence-electron chi connectivity index (χ1n) is 13.4. The van der Waals surface area contributed by atoms with Crippen molar-refractivity contribution in [3.8, 4) is 17.2 Å². The molecule has 41 heavy (non-hydrogen) atoms. The summed E-state index contributed by atoms with van der Waals surface area (Å²) in [6.45, 7) is 6.00. The Kier molecular flexibility index (Phi) is 8.95. The number of rotatable bonds is 8. The molecule has 2 atom stereocenters. The van der Waals surface area contributed by atoms with Gasteiger partial charge in [0, 0.05) is 12.2 Å². The molecule has 0 radical (unpaired) electrons. The monoisotopic (exact) mass is 562 g/mol. The SMILES string of the molecule is COC(=O)c1ccc(NC[C@@H]2Cc3cc(OC)c(OC)cc3[C@H](c3ccc(OC)cc3)N2C(=O)OC(C)(C)C)cc1. The fraction of sp³-hybridized carbons (Fsp3) is 0.375. The zero-order valence-corrected chi connectivity index (χ0v) is 24.6. The number of carbonyl (C=O) groups is 2. The van der Waals surface area contributed by atoms with Gasteiger partial charge in [-0.3, -0.25) is 4.90 Å². The Morgan fingerprint density at radius 2 is 1.51 bits per heavy atom. The highest BCUT2D eigenvalue weighted by atomic mass is 16.6. The van der Waals surface area contributed by atoms with Crippen LogP contribution >= 0.6 is 0 Å². The minimum absolute atomic E-state index is 0.289. The Labute approximate surface area is 241 Å². The molecule has 0 spiro atoms. The van der Waals surface area contributed by atoms with Gasteiger partial charge in [-0.05, 0) is 92.4 Å². The van der Waals surface area contributed by atoms with Crippen LogP contribution in [0.4, 0.5) is 10.5 Å². The van der Waals surface area contributed by atoms with Crippen molar-refractivity contribution < 1.29 is 33.3 Å². The first kappa shape index (κ1) is 29.6. The number of amides is 1. The number of ether oxygens (including phenoxy) is 5. The molecule has 1 aliphatic heterocycles. The molecular formula is C32H38N2O7. The summed E-state index contributed by atoms with van der Waals surface area (Å²) >= 11 is 0. The van der Waals surface area contributed by atoms with Gasteiger partial charge in [0.25, 0.3) is 0 Å². The average molecular weight is 563 g/mol. The van der Waals surface area contributed by atoms with E-state index in [0.717, 1.165) is 28.1 Å². The molecule has 1 amide bonds. The third-order valence-corrected chi connectivity index (χ3v) is 6.95. The first-order chi connectivity index (χ1) is 19.6. The van der Waals surface area contributed by atoms with Gasteiger partial charge in [-0.25, -0.2) is 9.59 Å². The molecule has 3 aromatic carbocycles. The van der Waals surface area contributed by atoms with Gasteiger partial charge in [-0.2, -0.15) is 0 Å². The van der Waals surface area contributed by atoms with Gasteiger partial charge in [0.2, 0.25) is 0 Å². The second-order valence-corrected chi connectivity index (χ2v) is 10.8. The highest BCUT2D eigenvalue weighted by Gasteiger charge is 2.41. The lowest BCUT2D eigenvalue weighted by Crippen LogP contribution is -2.52. The van der Waals surface area contributed by atoms with E-state index in [2.05, 4.69) is 5.32 Å². The maximum absolute atomic E-state index is 13.9. The molecule has 9 heteroatoms. The van der Waals surface area contributed by atoms with Gasteiger partial charge in [0.1, 0.15) is 11.4 Å². The molecule has 0 aromatic heterocycles. The number of benzene rings is 3. The van der Waals surface area contributed by atoms with E-state index in [1.807, 2.05) is 69.3 Å². The zero-order chi connectivity index (χ0) is 29.7. The van der Waals surface area contributed by atoms with E-state index in [9.17, 15) is 9.59 Å². The summed E-state index contributed by atoms with van der Waals surface area (Å²) in [4.78, 5) is 27.6. The van der Waals surface area contributed by atoms with Gasteiger partial charge in [-0.1, -0.05) is 12.1 Å². The molecule has 9 nitrogen and oxygen atoms in total. The van der Waals surface area contributed by atoms with Gasteiger partial charge in [0.05, 0.1) is 46.1 Å². The number of hydrogen-bond donors (Lipinski definition) is 1. The third-order valence-electron chi connectivity index (χ3n) is 6.95. The Morgan fingerprint density at radius 3 is 2.07 bits per heavy atom. The summed E-state index contributed by atoms with van der Waals surface area (Å²) in [5, 5.41) is 3.44. The number of methoxy groups -OCH3 is 4. The van der Waals surface area contributed by atoms with E-state index < -0.39 is 23.7 Å². The average Bonchev–Trinajstić information content (AvgIpc) is 2.97. The largest absolute Gasteiger partial charge is 0.497 e. The molecule has 218 valence electrons. The first-order valence-corrected chi connectivity index (χ1v) is 13.4. The Hall–Kier alpha value is -4.40. The molecule has 0 fully saturated rings. The van der Waals surface area contributed by atoms with Crippen LogP contribution in [0, 0.1) is 0 Å². The van der Waals surface area contributed by atoms with Crippen LogP contribution < -0.4 is 19.5 Å². The molecule has 0 aliphatic carbocycles. The van der Waals surface area contributed by atoms with Crippen LogP contribution in [0.3, 0.4) is 0 Å². The number of carbonyl (C=O) groups excluding carboxylic acids is 2. The van der Waals surface area contributed by atoms with Crippen molar-refractivity contribution in [2.45, 2.75) is 44.9 Å². The van der Waals surface area contributed by atoms with Crippen molar-refractivity contribution in [2.75, 3.05) is 40.3 Å². The summed E-state index contributed by atoms with van der Waals surface area (Å²) in [7, 11) is 6.18. The van der Waals surface area contributed by atoms with Crippen LogP contribution in [0.25, 0.3) is 0 Å². The predicted octanol–water partition coefficient (Wildman–Crippen LogP) is 5.86. The minimum atomic E-state index is -0.693. The van der Waals surface area contributed by atoms with E-state index in [0.29, 0.717) is 30.0 Å². The molecule has 0 saturated carbocycles. The van der Waals surface area contributed by atoms with Crippen LogP contribution in [0.15, 0.2) is 60.7 Å². The Balaban J connectivity index is 1.79. The quantitative estimate of drug-likeness (QED) is 0.341. The molecule has 1 N–H and O–H groups in total.